The van der Waals surface area contributed by atoms with E-state index in [0.717, 1.165) is 12.1 Å². The highest BCUT2D eigenvalue weighted by molar-refractivity contribution is 5.62. The Balaban J connectivity index is 2.49. The van der Waals surface area contributed by atoms with Gasteiger partial charge >= 0.3 is 6.18 Å². The van der Waals surface area contributed by atoms with Crippen molar-refractivity contribution in [2.45, 2.75) is 19.5 Å². The van der Waals surface area contributed by atoms with Crippen LogP contribution in [0.1, 0.15) is 18.1 Å². The van der Waals surface area contributed by atoms with Crippen LogP contribution in [0, 0.1) is 0 Å². The summed E-state index contributed by atoms with van der Waals surface area (Å²) in [5.41, 5.74) is 0.379. The van der Waals surface area contributed by atoms with E-state index in [1.54, 1.807) is 6.92 Å². The molecule has 0 amide bonds. The van der Waals surface area contributed by atoms with Gasteiger partial charge in [-0.1, -0.05) is 19.1 Å². The topological polar surface area (TPSA) is 45.8 Å². The van der Waals surface area contributed by atoms with Crippen LogP contribution in [0.5, 0.6) is 0 Å². The van der Waals surface area contributed by atoms with Crippen LogP contribution in [0.15, 0.2) is 35.4 Å². The van der Waals surface area contributed by atoms with Crippen LogP contribution in [-0.4, -0.2) is 9.97 Å². The fraction of sp³-hybridized carbons (Fsp3) is 0.231. The maximum absolute atomic E-state index is 12.5. The molecular weight excluding hydrogens is 257 g/mol. The van der Waals surface area contributed by atoms with Gasteiger partial charge in [0.2, 0.25) is 0 Å². The number of H-pyrrole nitrogens is 1. The first-order chi connectivity index (χ1) is 8.93. The Hall–Kier alpha value is -2.11. The molecule has 1 aromatic carbocycles. The molecular formula is C13H11F3N2O. The average Bonchev–Trinajstić information content (AvgIpc) is 2.37. The predicted molar refractivity (Wildman–Crippen MR) is 64.7 cm³/mol. The van der Waals surface area contributed by atoms with Crippen molar-refractivity contribution in [2.75, 3.05) is 0 Å². The van der Waals surface area contributed by atoms with Crippen molar-refractivity contribution in [2.24, 2.45) is 0 Å². The number of alkyl halides is 3. The van der Waals surface area contributed by atoms with E-state index in [4.69, 9.17) is 0 Å². The highest BCUT2D eigenvalue weighted by Crippen LogP contribution is 2.30. The summed E-state index contributed by atoms with van der Waals surface area (Å²) in [5, 5.41) is 0. The molecule has 0 atom stereocenters. The number of benzene rings is 1. The van der Waals surface area contributed by atoms with Gasteiger partial charge in [0.1, 0.15) is 0 Å². The molecule has 2 aromatic rings. The fourth-order valence-corrected chi connectivity index (χ4v) is 1.82. The van der Waals surface area contributed by atoms with E-state index in [0.29, 0.717) is 23.2 Å². The molecule has 3 nitrogen and oxygen atoms in total. The maximum atomic E-state index is 12.5. The third-order valence-electron chi connectivity index (χ3n) is 2.79. The molecule has 0 bridgehead atoms. The Morgan fingerprint density at radius 3 is 2.37 bits per heavy atom. The van der Waals surface area contributed by atoms with E-state index >= 15 is 0 Å². The predicted octanol–water partition coefficient (Wildman–Crippen LogP) is 3.02. The molecule has 6 heteroatoms. The SMILES string of the molecule is CCc1c(-c2ccc(C(F)(F)F)cc2)nc[nH]c1=O. The summed E-state index contributed by atoms with van der Waals surface area (Å²) in [4.78, 5) is 18.1. The summed E-state index contributed by atoms with van der Waals surface area (Å²) >= 11 is 0. The third-order valence-corrected chi connectivity index (χ3v) is 2.79. The Morgan fingerprint density at radius 1 is 1.21 bits per heavy atom. The van der Waals surface area contributed by atoms with Crippen LogP contribution < -0.4 is 5.56 Å². The number of nitrogens with zero attached hydrogens (tertiary/aromatic N) is 1. The van der Waals surface area contributed by atoms with E-state index in [1.807, 2.05) is 0 Å². The first-order valence-corrected chi connectivity index (χ1v) is 5.67. The lowest BCUT2D eigenvalue weighted by molar-refractivity contribution is -0.137. The Kier molecular flexibility index (Phi) is 3.42. The van der Waals surface area contributed by atoms with Gasteiger partial charge in [-0.05, 0) is 18.6 Å². The van der Waals surface area contributed by atoms with Gasteiger partial charge in [-0.15, -0.1) is 0 Å². The van der Waals surface area contributed by atoms with Crippen molar-refractivity contribution < 1.29 is 13.2 Å². The van der Waals surface area contributed by atoms with Crippen molar-refractivity contribution >= 4 is 0 Å². The van der Waals surface area contributed by atoms with Gasteiger partial charge in [-0.25, -0.2) is 4.98 Å². The molecule has 1 heterocycles. The molecule has 0 spiro atoms. The number of rotatable bonds is 2. The second-order valence-electron chi connectivity index (χ2n) is 3.99. The minimum atomic E-state index is -4.37. The third kappa shape index (κ3) is 2.67. The number of halogens is 3. The lowest BCUT2D eigenvalue weighted by Gasteiger charge is -2.09. The van der Waals surface area contributed by atoms with Gasteiger partial charge in [-0.3, -0.25) is 4.79 Å². The van der Waals surface area contributed by atoms with Gasteiger partial charge in [0, 0.05) is 11.1 Å². The lowest BCUT2D eigenvalue weighted by atomic mass is 10.0. The monoisotopic (exact) mass is 268 g/mol. The lowest BCUT2D eigenvalue weighted by Crippen LogP contribution is -2.14. The molecule has 100 valence electrons. The number of hydrogen-bond donors (Lipinski definition) is 1. The van der Waals surface area contributed by atoms with Gasteiger partial charge < -0.3 is 4.98 Å². The Morgan fingerprint density at radius 2 is 1.84 bits per heavy atom. The Bertz CT molecular complexity index is 630. The van der Waals surface area contributed by atoms with Crippen molar-refractivity contribution in [1.29, 1.82) is 0 Å². The number of nitrogens with one attached hydrogen (secondary N) is 1. The Labute approximate surface area is 107 Å². The van der Waals surface area contributed by atoms with Crippen LogP contribution in [0.2, 0.25) is 0 Å². The highest BCUT2D eigenvalue weighted by atomic mass is 19.4. The molecule has 0 fully saturated rings. The number of aromatic nitrogens is 2. The van der Waals surface area contributed by atoms with Crippen LogP contribution >= 0.6 is 0 Å². The zero-order valence-corrected chi connectivity index (χ0v) is 10.1. The zero-order chi connectivity index (χ0) is 14.0. The molecule has 0 aliphatic carbocycles. The number of hydrogen-bond acceptors (Lipinski definition) is 2. The molecule has 0 aliphatic rings. The van der Waals surface area contributed by atoms with Crippen molar-refractivity contribution in [1.82, 2.24) is 9.97 Å². The highest BCUT2D eigenvalue weighted by Gasteiger charge is 2.30. The van der Waals surface area contributed by atoms with E-state index in [1.165, 1.54) is 18.5 Å². The van der Waals surface area contributed by atoms with Gasteiger partial charge in [0.15, 0.2) is 0 Å². The van der Waals surface area contributed by atoms with Crippen LogP contribution in [0.3, 0.4) is 0 Å². The first-order valence-electron chi connectivity index (χ1n) is 5.67. The quantitative estimate of drug-likeness (QED) is 0.910. The second-order valence-corrected chi connectivity index (χ2v) is 3.99. The number of aromatic amines is 1. The molecule has 1 aromatic heterocycles. The molecule has 0 radical (unpaired) electrons. The molecule has 1 N–H and O–H groups in total. The molecule has 2 rings (SSSR count). The smallest absolute Gasteiger partial charge is 0.313 e. The summed E-state index contributed by atoms with van der Waals surface area (Å²) < 4.78 is 37.4. The summed E-state index contributed by atoms with van der Waals surface area (Å²) in [6.45, 7) is 1.79. The minimum Gasteiger partial charge on any atom is -0.313 e. The van der Waals surface area contributed by atoms with Gasteiger partial charge in [0.05, 0.1) is 17.6 Å². The van der Waals surface area contributed by atoms with E-state index < -0.39 is 11.7 Å². The summed E-state index contributed by atoms with van der Waals surface area (Å²) in [5.74, 6) is 0. The van der Waals surface area contributed by atoms with Crippen LogP contribution in [0.4, 0.5) is 13.2 Å². The molecule has 0 unspecified atom stereocenters. The van der Waals surface area contributed by atoms with Gasteiger partial charge in [-0.2, -0.15) is 13.2 Å². The minimum absolute atomic E-state index is 0.271. The molecule has 0 saturated heterocycles. The van der Waals surface area contributed by atoms with Crippen molar-refractivity contribution in [3.8, 4) is 11.3 Å². The average molecular weight is 268 g/mol. The normalized spacial score (nSPS) is 11.6. The summed E-state index contributed by atoms with van der Waals surface area (Å²) in [7, 11) is 0. The standard InChI is InChI=1S/C13H11F3N2O/c1-2-10-11(17-7-18-12(10)19)8-3-5-9(6-4-8)13(14,15)16/h3-7H,2H2,1H3,(H,17,18,19). The second kappa shape index (κ2) is 4.87. The van der Waals surface area contributed by atoms with E-state index in [-0.39, 0.29) is 5.56 Å². The van der Waals surface area contributed by atoms with Crippen molar-refractivity contribution in [3.63, 3.8) is 0 Å². The fourth-order valence-electron chi connectivity index (χ4n) is 1.82. The molecule has 19 heavy (non-hydrogen) atoms. The maximum Gasteiger partial charge on any atom is 0.416 e. The molecule has 0 aliphatic heterocycles. The largest absolute Gasteiger partial charge is 0.416 e. The van der Waals surface area contributed by atoms with E-state index in [2.05, 4.69) is 9.97 Å². The van der Waals surface area contributed by atoms with E-state index in [9.17, 15) is 18.0 Å². The zero-order valence-electron chi connectivity index (χ0n) is 10.1. The van der Waals surface area contributed by atoms with Crippen molar-refractivity contribution in [3.05, 3.63) is 52.1 Å². The summed E-state index contributed by atoms with van der Waals surface area (Å²) in [6.07, 6.45) is -2.66. The van der Waals surface area contributed by atoms with Crippen LogP contribution in [-0.2, 0) is 12.6 Å². The molecule has 0 saturated carbocycles. The van der Waals surface area contributed by atoms with Crippen LogP contribution in [0.25, 0.3) is 11.3 Å². The first kappa shape index (κ1) is 13.3. The van der Waals surface area contributed by atoms with Gasteiger partial charge in [0.25, 0.3) is 5.56 Å². The summed E-state index contributed by atoms with van der Waals surface area (Å²) in [6, 6.07) is 4.61.